The first-order valence-corrected chi connectivity index (χ1v) is 9.00. The summed E-state index contributed by atoms with van der Waals surface area (Å²) in [4.78, 5) is 21.3. The molecule has 0 fully saturated rings. The summed E-state index contributed by atoms with van der Waals surface area (Å²) in [6.45, 7) is 7.66. The van der Waals surface area contributed by atoms with E-state index in [-0.39, 0.29) is 5.97 Å². The number of hydrogen-bond donors (Lipinski definition) is 1. The number of carbonyl (C=O) groups is 2. The highest BCUT2D eigenvalue weighted by atomic mass is 16.5. The van der Waals surface area contributed by atoms with Crippen molar-refractivity contribution in [2.24, 2.45) is 0 Å². The molecule has 0 aliphatic rings. The summed E-state index contributed by atoms with van der Waals surface area (Å²) >= 11 is 0. The van der Waals surface area contributed by atoms with Gasteiger partial charge in [-0.3, -0.25) is 0 Å². The van der Waals surface area contributed by atoms with Crippen molar-refractivity contribution in [1.82, 2.24) is 0 Å². The summed E-state index contributed by atoms with van der Waals surface area (Å²) in [5.41, 5.74) is 1.71. The Labute approximate surface area is 156 Å². The van der Waals surface area contributed by atoms with E-state index in [0.29, 0.717) is 12.2 Å². The first kappa shape index (κ1) is 23.4. The van der Waals surface area contributed by atoms with Crippen LogP contribution in [0.25, 0.3) is 6.08 Å². The lowest BCUT2D eigenvalue weighted by Gasteiger charge is -2.05. The Morgan fingerprint density at radius 3 is 2.31 bits per heavy atom. The van der Waals surface area contributed by atoms with Crippen molar-refractivity contribution in [1.29, 1.82) is 0 Å². The minimum absolute atomic E-state index is 0.222. The summed E-state index contributed by atoms with van der Waals surface area (Å²) in [5.74, 6) is -1.20. The van der Waals surface area contributed by atoms with Crippen LogP contribution in [0.5, 0.6) is 0 Å². The Kier molecular flexibility index (Phi) is 14.3. The molecule has 0 unspecified atom stereocenters. The molecule has 142 valence electrons. The highest BCUT2D eigenvalue weighted by Crippen LogP contribution is 2.09. The van der Waals surface area contributed by atoms with Gasteiger partial charge in [0.2, 0.25) is 0 Å². The van der Waals surface area contributed by atoms with Gasteiger partial charge in [0.05, 0.1) is 12.2 Å². The van der Waals surface area contributed by atoms with Crippen molar-refractivity contribution in [3.63, 3.8) is 0 Å². The van der Waals surface area contributed by atoms with E-state index in [0.717, 1.165) is 30.9 Å². The molecule has 0 saturated carbocycles. The molecular formula is C22H30O4. The number of rotatable bonds is 10. The summed E-state index contributed by atoms with van der Waals surface area (Å²) in [7, 11) is 0. The number of esters is 1. The number of carbonyl (C=O) groups excluding carboxylic acids is 1. The molecule has 26 heavy (non-hydrogen) atoms. The maximum atomic E-state index is 12.0. The number of ether oxygens (including phenoxy) is 1. The topological polar surface area (TPSA) is 63.6 Å². The standard InChI is InChI=1S/C19H26O2.C3H4O2/c1-3-5-6-10-16-21-19(20)18(11-4-2)15-14-17-12-8-7-9-13-17;1-2-3(4)5/h7-9,11-15H,3-6,10,16H2,1-2H3;2H,1H2,(H,4,5). The van der Waals surface area contributed by atoms with E-state index in [1.807, 2.05) is 55.5 Å². The van der Waals surface area contributed by atoms with E-state index in [1.54, 1.807) is 0 Å². The number of hydrogen-bond acceptors (Lipinski definition) is 3. The molecule has 0 atom stereocenters. The molecule has 0 bridgehead atoms. The van der Waals surface area contributed by atoms with Gasteiger partial charge in [0.1, 0.15) is 0 Å². The SMILES string of the molecule is C=CC(=O)O.CCC=C(C=Cc1ccccc1)C(=O)OCCCCCC. The molecule has 0 aromatic heterocycles. The molecule has 0 amide bonds. The molecule has 4 heteroatoms. The van der Waals surface area contributed by atoms with Crippen LogP contribution in [0.4, 0.5) is 0 Å². The van der Waals surface area contributed by atoms with Crippen molar-refractivity contribution in [3.05, 3.63) is 66.3 Å². The molecule has 0 aliphatic carbocycles. The van der Waals surface area contributed by atoms with Crippen molar-refractivity contribution < 1.29 is 19.4 Å². The molecule has 0 heterocycles. The lowest BCUT2D eigenvalue weighted by Crippen LogP contribution is -2.07. The van der Waals surface area contributed by atoms with Gasteiger partial charge in [-0.2, -0.15) is 0 Å². The maximum absolute atomic E-state index is 12.0. The van der Waals surface area contributed by atoms with Gasteiger partial charge in [-0.15, -0.1) is 0 Å². The Morgan fingerprint density at radius 2 is 1.77 bits per heavy atom. The second kappa shape index (κ2) is 15.9. The normalized spacial score (nSPS) is 10.8. The molecule has 1 N–H and O–H groups in total. The van der Waals surface area contributed by atoms with E-state index in [9.17, 15) is 9.59 Å². The third-order valence-corrected chi connectivity index (χ3v) is 3.32. The second-order valence-electron chi connectivity index (χ2n) is 5.55. The van der Waals surface area contributed by atoms with Crippen LogP contribution in [0.3, 0.4) is 0 Å². The van der Waals surface area contributed by atoms with Gasteiger partial charge in [0.15, 0.2) is 0 Å². The van der Waals surface area contributed by atoms with Crippen LogP contribution >= 0.6 is 0 Å². The molecule has 0 spiro atoms. The summed E-state index contributed by atoms with van der Waals surface area (Å²) in [5, 5.41) is 7.60. The predicted octanol–water partition coefficient (Wildman–Crippen LogP) is 5.42. The van der Waals surface area contributed by atoms with Gasteiger partial charge in [-0.05, 0) is 24.5 Å². The molecule has 1 aromatic carbocycles. The maximum Gasteiger partial charge on any atom is 0.337 e. The van der Waals surface area contributed by atoms with Crippen LogP contribution in [0, 0.1) is 0 Å². The summed E-state index contributed by atoms with van der Waals surface area (Å²) in [6.07, 6.45) is 11.8. The number of carboxylic acids is 1. The van der Waals surface area contributed by atoms with Gasteiger partial charge >= 0.3 is 11.9 Å². The molecule has 1 rings (SSSR count). The zero-order chi connectivity index (χ0) is 19.6. The molecule has 0 aliphatic heterocycles. The molecule has 0 saturated heterocycles. The van der Waals surface area contributed by atoms with Crippen molar-refractivity contribution in [2.75, 3.05) is 6.61 Å². The minimum Gasteiger partial charge on any atom is -0.478 e. The number of aliphatic carboxylic acids is 1. The largest absolute Gasteiger partial charge is 0.478 e. The molecule has 1 aromatic rings. The summed E-state index contributed by atoms with van der Waals surface area (Å²) < 4.78 is 5.33. The number of carboxylic acid groups (broad SMARTS) is 1. The summed E-state index contributed by atoms with van der Waals surface area (Å²) in [6, 6.07) is 9.96. The predicted molar refractivity (Wildman–Crippen MR) is 107 cm³/mol. The first-order valence-electron chi connectivity index (χ1n) is 9.00. The van der Waals surface area contributed by atoms with Gasteiger partial charge in [-0.1, -0.05) is 82.2 Å². The average molecular weight is 358 g/mol. The fraction of sp³-hybridized carbons (Fsp3) is 0.364. The highest BCUT2D eigenvalue weighted by Gasteiger charge is 2.07. The zero-order valence-corrected chi connectivity index (χ0v) is 15.8. The van der Waals surface area contributed by atoms with E-state index in [1.165, 1.54) is 12.8 Å². The van der Waals surface area contributed by atoms with E-state index in [4.69, 9.17) is 9.84 Å². The van der Waals surface area contributed by atoms with Gasteiger partial charge in [-0.25, -0.2) is 9.59 Å². The Balaban J connectivity index is 0.00000110. The van der Waals surface area contributed by atoms with E-state index in [2.05, 4.69) is 13.5 Å². The van der Waals surface area contributed by atoms with Crippen molar-refractivity contribution in [2.45, 2.75) is 46.0 Å². The van der Waals surface area contributed by atoms with Crippen molar-refractivity contribution in [3.8, 4) is 0 Å². The van der Waals surface area contributed by atoms with Crippen LogP contribution in [0.1, 0.15) is 51.5 Å². The van der Waals surface area contributed by atoms with Crippen LogP contribution in [0.15, 0.2) is 60.7 Å². The smallest absolute Gasteiger partial charge is 0.337 e. The monoisotopic (exact) mass is 358 g/mol. The highest BCUT2D eigenvalue weighted by molar-refractivity contribution is 5.92. The van der Waals surface area contributed by atoms with Crippen LogP contribution in [-0.4, -0.2) is 23.7 Å². The van der Waals surface area contributed by atoms with Crippen LogP contribution < -0.4 is 0 Å². The number of unbranched alkanes of at least 4 members (excludes halogenated alkanes) is 3. The Morgan fingerprint density at radius 1 is 1.12 bits per heavy atom. The third kappa shape index (κ3) is 12.8. The Bertz CT molecular complexity index is 585. The zero-order valence-electron chi connectivity index (χ0n) is 15.8. The average Bonchev–Trinajstić information content (AvgIpc) is 2.66. The number of benzene rings is 1. The van der Waals surface area contributed by atoms with Crippen LogP contribution in [0.2, 0.25) is 0 Å². The van der Waals surface area contributed by atoms with Gasteiger partial charge < -0.3 is 9.84 Å². The third-order valence-electron chi connectivity index (χ3n) is 3.32. The quantitative estimate of drug-likeness (QED) is 0.263. The fourth-order valence-corrected chi connectivity index (χ4v) is 1.97. The second-order valence-corrected chi connectivity index (χ2v) is 5.55. The van der Waals surface area contributed by atoms with Gasteiger partial charge in [0.25, 0.3) is 0 Å². The number of allylic oxidation sites excluding steroid dienone is 1. The minimum atomic E-state index is -0.981. The van der Waals surface area contributed by atoms with E-state index >= 15 is 0 Å². The van der Waals surface area contributed by atoms with Crippen LogP contribution in [-0.2, 0) is 14.3 Å². The lowest BCUT2D eigenvalue weighted by molar-refractivity contribution is -0.138. The molecule has 0 radical (unpaired) electrons. The lowest BCUT2D eigenvalue weighted by atomic mass is 10.1. The van der Waals surface area contributed by atoms with Crippen molar-refractivity contribution >= 4 is 18.0 Å². The molecule has 4 nitrogen and oxygen atoms in total. The Hall–Kier alpha value is -2.62. The van der Waals surface area contributed by atoms with E-state index < -0.39 is 5.97 Å². The fourth-order valence-electron chi connectivity index (χ4n) is 1.97. The van der Waals surface area contributed by atoms with Gasteiger partial charge in [0, 0.05) is 6.08 Å². The first-order chi connectivity index (χ1) is 12.5. The molecular weight excluding hydrogens is 328 g/mol.